The molecular formula is C3H10NO5P. The van der Waals surface area contributed by atoms with Crippen LogP contribution >= 0.6 is 7.75 Å². The highest BCUT2D eigenvalue weighted by molar-refractivity contribution is 7.49. The molecule has 0 spiro atoms. The second kappa shape index (κ2) is 4.79. The van der Waals surface area contributed by atoms with Crippen LogP contribution in [-0.4, -0.2) is 29.8 Å². The van der Waals surface area contributed by atoms with Crippen molar-refractivity contribution >= 4 is 7.75 Å². The third-order valence-corrected chi connectivity index (χ3v) is 0.539. The number of rotatable bonds is 0. The summed E-state index contributed by atoms with van der Waals surface area (Å²) in [5.74, 6) is 0. The summed E-state index contributed by atoms with van der Waals surface area (Å²) < 4.78 is 18.5. The highest BCUT2D eigenvalue weighted by Gasteiger charge is 1.96. The van der Waals surface area contributed by atoms with Gasteiger partial charge in [0.05, 0.1) is 13.2 Å². The van der Waals surface area contributed by atoms with Crippen molar-refractivity contribution in [2.45, 2.75) is 0 Å². The van der Waals surface area contributed by atoms with Gasteiger partial charge < -0.3 is 19.3 Å². The van der Waals surface area contributed by atoms with Gasteiger partial charge in [0, 0.05) is 0 Å². The minimum atomic E-state index is -4.14. The van der Waals surface area contributed by atoms with E-state index in [1.807, 2.05) is 0 Å². The van der Waals surface area contributed by atoms with Crippen molar-refractivity contribution in [1.29, 1.82) is 0 Å². The number of ether oxygens (including phenoxy) is 2. The lowest BCUT2D eigenvalue weighted by Gasteiger charge is -1.84. The Labute approximate surface area is 58.1 Å². The molecule has 6 nitrogen and oxygen atoms in total. The summed E-state index contributed by atoms with van der Waals surface area (Å²) >= 11 is 0. The second-order valence-electron chi connectivity index (χ2n) is 1.52. The van der Waals surface area contributed by atoms with E-state index in [1.54, 1.807) is 0 Å². The van der Waals surface area contributed by atoms with Crippen LogP contribution in [0.4, 0.5) is 0 Å². The largest absolute Gasteiger partial charge is 0.397 e. The van der Waals surface area contributed by atoms with E-state index in [-0.39, 0.29) is 0 Å². The number of hydrogen-bond acceptors (Lipinski definition) is 3. The SMILES string of the molecule is C1COCO1.NP(=O)(O)O. The van der Waals surface area contributed by atoms with Crippen molar-refractivity contribution in [3.8, 4) is 0 Å². The van der Waals surface area contributed by atoms with Crippen LogP contribution in [0.1, 0.15) is 0 Å². The van der Waals surface area contributed by atoms with Gasteiger partial charge in [-0.05, 0) is 0 Å². The molecule has 0 aromatic heterocycles. The lowest BCUT2D eigenvalue weighted by Crippen LogP contribution is -1.87. The fourth-order valence-corrected chi connectivity index (χ4v) is 0.295. The third-order valence-electron chi connectivity index (χ3n) is 0.539. The van der Waals surface area contributed by atoms with Gasteiger partial charge in [-0.1, -0.05) is 0 Å². The zero-order chi connectivity index (χ0) is 8.04. The molecule has 0 aliphatic carbocycles. The summed E-state index contributed by atoms with van der Waals surface area (Å²) in [5.41, 5.74) is 4.02. The standard InChI is InChI=1S/C3H6O2.H4NO3P/c1-2-5-3-4-1;1-5(2,3)4/h1-3H2;(H4,1,2,3,4). The van der Waals surface area contributed by atoms with Crippen LogP contribution in [0.3, 0.4) is 0 Å². The first kappa shape index (κ1) is 10.0. The smallest absolute Gasteiger partial charge is 0.353 e. The second-order valence-corrected chi connectivity index (χ2v) is 2.70. The topological polar surface area (TPSA) is 102 Å². The molecule has 0 atom stereocenters. The molecule has 0 saturated carbocycles. The van der Waals surface area contributed by atoms with Gasteiger partial charge in [-0.2, -0.15) is 0 Å². The maximum Gasteiger partial charge on any atom is 0.397 e. The highest BCUT2D eigenvalue weighted by Crippen LogP contribution is 2.20. The first-order valence-electron chi connectivity index (χ1n) is 2.50. The van der Waals surface area contributed by atoms with Crippen LogP contribution in [0, 0.1) is 0 Å². The molecule has 0 aromatic rings. The summed E-state index contributed by atoms with van der Waals surface area (Å²) in [4.78, 5) is 14.8. The highest BCUT2D eigenvalue weighted by atomic mass is 31.2. The molecule has 0 aromatic carbocycles. The molecular weight excluding hydrogens is 161 g/mol. The summed E-state index contributed by atoms with van der Waals surface area (Å²) in [6.45, 7) is 2.06. The van der Waals surface area contributed by atoms with Gasteiger partial charge in [-0.15, -0.1) is 0 Å². The van der Waals surface area contributed by atoms with Gasteiger partial charge in [0.1, 0.15) is 6.79 Å². The third kappa shape index (κ3) is 15.7. The van der Waals surface area contributed by atoms with Crippen molar-refractivity contribution in [3.05, 3.63) is 0 Å². The Bertz CT molecular complexity index is 102. The van der Waals surface area contributed by atoms with Gasteiger partial charge in [0.15, 0.2) is 0 Å². The summed E-state index contributed by atoms with van der Waals surface area (Å²) in [7, 11) is -4.14. The first-order chi connectivity index (χ1) is 4.50. The summed E-state index contributed by atoms with van der Waals surface area (Å²) in [6, 6.07) is 0. The van der Waals surface area contributed by atoms with Crippen molar-refractivity contribution in [1.82, 2.24) is 0 Å². The molecule has 0 bridgehead atoms. The van der Waals surface area contributed by atoms with E-state index in [4.69, 9.17) is 23.8 Å². The molecule has 1 aliphatic heterocycles. The maximum absolute atomic E-state index is 9.10. The maximum atomic E-state index is 9.10. The van der Waals surface area contributed by atoms with Gasteiger partial charge in [0.25, 0.3) is 0 Å². The molecule has 7 heteroatoms. The van der Waals surface area contributed by atoms with Crippen LogP contribution < -0.4 is 5.50 Å². The minimum absolute atomic E-state index is 0.500. The monoisotopic (exact) mass is 171 g/mol. The Kier molecular flexibility index (Phi) is 4.80. The van der Waals surface area contributed by atoms with E-state index in [9.17, 15) is 0 Å². The molecule has 1 fully saturated rings. The molecule has 1 saturated heterocycles. The quantitative estimate of drug-likeness (QED) is 0.405. The first-order valence-corrected chi connectivity index (χ1v) is 4.18. The molecule has 1 aliphatic rings. The van der Waals surface area contributed by atoms with Gasteiger partial charge in [0.2, 0.25) is 0 Å². The van der Waals surface area contributed by atoms with E-state index in [2.05, 4.69) is 5.50 Å². The number of hydrogen-bond donors (Lipinski definition) is 3. The predicted octanol–water partition coefficient (Wildman–Crippen LogP) is -0.971. The van der Waals surface area contributed by atoms with Crippen molar-refractivity contribution in [2.75, 3.05) is 20.0 Å². The number of nitrogens with two attached hydrogens (primary N) is 1. The zero-order valence-corrected chi connectivity index (χ0v) is 6.16. The summed E-state index contributed by atoms with van der Waals surface area (Å²) in [6.07, 6.45) is 0. The molecule has 1 heterocycles. The molecule has 1 rings (SSSR count). The van der Waals surface area contributed by atoms with Crippen LogP contribution in [-0.2, 0) is 14.0 Å². The molecule has 0 amide bonds. The lowest BCUT2D eigenvalue weighted by molar-refractivity contribution is 0.0692. The molecule has 4 N–H and O–H groups in total. The van der Waals surface area contributed by atoms with E-state index in [0.29, 0.717) is 6.79 Å². The zero-order valence-electron chi connectivity index (χ0n) is 5.27. The normalized spacial score (nSPS) is 17.9. The molecule has 10 heavy (non-hydrogen) atoms. The van der Waals surface area contributed by atoms with Crippen molar-refractivity contribution < 1.29 is 23.8 Å². The fraction of sp³-hybridized carbons (Fsp3) is 1.00. The van der Waals surface area contributed by atoms with Gasteiger partial charge in [-0.3, -0.25) is 0 Å². The van der Waals surface area contributed by atoms with Crippen molar-refractivity contribution in [3.63, 3.8) is 0 Å². The van der Waals surface area contributed by atoms with E-state index < -0.39 is 7.75 Å². The van der Waals surface area contributed by atoms with Crippen LogP contribution in [0.25, 0.3) is 0 Å². The Morgan fingerprint density at radius 1 is 1.30 bits per heavy atom. The lowest BCUT2D eigenvalue weighted by atomic mass is 10.8. The van der Waals surface area contributed by atoms with Crippen LogP contribution in [0.2, 0.25) is 0 Å². The van der Waals surface area contributed by atoms with Gasteiger partial charge >= 0.3 is 7.75 Å². The van der Waals surface area contributed by atoms with Gasteiger partial charge in [-0.25, -0.2) is 10.1 Å². The van der Waals surface area contributed by atoms with E-state index in [1.165, 1.54) is 0 Å². The summed E-state index contributed by atoms with van der Waals surface area (Å²) in [5, 5.41) is 0. The van der Waals surface area contributed by atoms with Crippen LogP contribution in [0.15, 0.2) is 0 Å². The molecule has 0 unspecified atom stereocenters. The Morgan fingerprint density at radius 2 is 1.60 bits per heavy atom. The Hall–Kier alpha value is 0.0300. The van der Waals surface area contributed by atoms with E-state index >= 15 is 0 Å². The Balaban J connectivity index is 0.000000162. The predicted molar refractivity (Wildman–Crippen MR) is 33.0 cm³/mol. The fourth-order valence-electron chi connectivity index (χ4n) is 0.295. The van der Waals surface area contributed by atoms with Crippen molar-refractivity contribution in [2.24, 2.45) is 5.50 Å². The molecule has 0 radical (unpaired) electrons. The minimum Gasteiger partial charge on any atom is -0.353 e. The Morgan fingerprint density at radius 3 is 1.70 bits per heavy atom. The average Bonchev–Trinajstić information content (AvgIpc) is 2.07. The van der Waals surface area contributed by atoms with E-state index in [0.717, 1.165) is 13.2 Å². The van der Waals surface area contributed by atoms with Crippen LogP contribution in [0.5, 0.6) is 0 Å². The molecule has 62 valence electrons. The average molecular weight is 171 g/mol.